The molecular weight excluding hydrogens is 200 g/mol. The molecule has 0 saturated heterocycles. The van der Waals surface area contributed by atoms with Gasteiger partial charge in [0, 0.05) is 24.2 Å². The number of thiazole rings is 1. The number of anilines is 1. The highest BCUT2D eigenvalue weighted by molar-refractivity contribution is 7.15. The van der Waals surface area contributed by atoms with Crippen LogP contribution in [0.5, 0.6) is 0 Å². The number of nitrogens with one attached hydrogen (secondary N) is 1. The van der Waals surface area contributed by atoms with Crippen LogP contribution in [0.1, 0.15) is 11.8 Å². The van der Waals surface area contributed by atoms with Crippen LogP contribution in [-0.2, 0) is 6.54 Å². The summed E-state index contributed by atoms with van der Waals surface area (Å²) in [5.74, 6) is 5.23. The van der Waals surface area contributed by atoms with E-state index in [1.807, 2.05) is 0 Å². The fraction of sp³-hybridized carbons (Fsp3) is 0.625. The number of nitrogens with zero attached hydrogens (tertiary/aromatic N) is 2. The van der Waals surface area contributed by atoms with E-state index in [1.54, 1.807) is 6.20 Å². The van der Waals surface area contributed by atoms with Crippen molar-refractivity contribution in [1.29, 1.82) is 0 Å². The molecule has 0 aliphatic rings. The summed E-state index contributed by atoms with van der Waals surface area (Å²) < 4.78 is 0. The Morgan fingerprint density at radius 3 is 3.00 bits per heavy atom. The molecule has 0 unspecified atom stereocenters. The monoisotopic (exact) mass is 216 g/mol. The number of aromatic nitrogens is 1. The first-order valence-corrected chi connectivity index (χ1v) is 5.36. The minimum atomic E-state index is 0.189. The van der Waals surface area contributed by atoms with Gasteiger partial charge in [-0.2, -0.15) is 0 Å². The Balaban J connectivity index is 2.48. The molecule has 4 N–H and O–H groups in total. The smallest absolute Gasteiger partial charge is 0.197 e. The maximum absolute atomic E-state index is 8.81. The molecule has 0 amide bonds. The summed E-state index contributed by atoms with van der Waals surface area (Å²) >= 11 is 1.53. The molecule has 0 atom stereocenters. The predicted molar refractivity (Wildman–Crippen MR) is 58.0 cm³/mol. The zero-order valence-electron chi connectivity index (χ0n) is 8.23. The molecule has 1 aromatic heterocycles. The minimum Gasteiger partial charge on any atom is -0.395 e. The van der Waals surface area contributed by atoms with Crippen molar-refractivity contribution in [3.63, 3.8) is 0 Å². The van der Waals surface area contributed by atoms with E-state index >= 15 is 0 Å². The Labute approximate surface area is 87.5 Å². The highest BCUT2D eigenvalue weighted by atomic mass is 32.1. The first-order chi connectivity index (χ1) is 6.80. The largest absolute Gasteiger partial charge is 0.395 e. The second-order valence-corrected chi connectivity index (χ2v) is 3.98. The highest BCUT2D eigenvalue weighted by Crippen LogP contribution is 2.18. The normalized spacial score (nSPS) is 10.9. The molecular formula is C8H16N4OS. The van der Waals surface area contributed by atoms with E-state index in [2.05, 4.69) is 22.2 Å². The van der Waals surface area contributed by atoms with Crippen molar-refractivity contribution in [3.05, 3.63) is 11.1 Å². The average molecular weight is 216 g/mol. The Morgan fingerprint density at radius 2 is 2.50 bits per heavy atom. The fourth-order valence-corrected chi connectivity index (χ4v) is 1.92. The summed E-state index contributed by atoms with van der Waals surface area (Å²) in [6, 6.07) is 0. The third kappa shape index (κ3) is 3.22. The lowest BCUT2D eigenvalue weighted by Crippen LogP contribution is -2.25. The van der Waals surface area contributed by atoms with Gasteiger partial charge in [-0.3, -0.25) is 10.3 Å². The Kier molecular flexibility index (Phi) is 4.81. The number of nitrogen functional groups attached to an aromatic ring is 1. The summed E-state index contributed by atoms with van der Waals surface area (Å²) in [4.78, 5) is 7.37. The molecule has 1 heterocycles. The van der Waals surface area contributed by atoms with Crippen LogP contribution >= 0.6 is 11.3 Å². The maximum Gasteiger partial charge on any atom is 0.197 e. The SMILES string of the molecule is CCN(CCO)Cc1cnc(NN)s1. The second-order valence-electron chi connectivity index (χ2n) is 2.87. The topological polar surface area (TPSA) is 74.4 Å². The van der Waals surface area contributed by atoms with Crippen molar-refractivity contribution in [2.24, 2.45) is 5.84 Å². The Bertz CT molecular complexity index is 266. The zero-order chi connectivity index (χ0) is 10.4. The molecule has 0 fully saturated rings. The molecule has 0 aliphatic heterocycles. The molecule has 0 aliphatic carbocycles. The number of rotatable bonds is 6. The minimum absolute atomic E-state index is 0.189. The summed E-state index contributed by atoms with van der Waals surface area (Å²) in [6.45, 7) is 4.69. The number of hydrogen-bond donors (Lipinski definition) is 3. The average Bonchev–Trinajstić information content (AvgIpc) is 2.65. The number of hydrazine groups is 1. The molecule has 80 valence electrons. The molecule has 6 heteroatoms. The lowest BCUT2D eigenvalue weighted by atomic mass is 10.4. The van der Waals surface area contributed by atoms with Gasteiger partial charge >= 0.3 is 0 Å². The quantitative estimate of drug-likeness (QED) is 0.469. The van der Waals surface area contributed by atoms with E-state index in [1.165, 1.54) is 11.3 Å². The summed E-state index contributed by atoms with van der Waals surface area (Å²) in [5, 5.41) is 9.53. The van der Waals surface area contributed by atoms with E-state index in [4.69, 9.17) is 10.9 Å². The van der Waals surface area contributed by atoms with Crippen LogP contribution in [0, 0.1) is 0 Å². The van der Waals surface area contributed by atoms with Crippen LogP contribution in [-0.4, -0.2) is 34.7 Å². The predicted octanol–water partition coefficient (Wildman–Crippen LogP) is 0.243. The summed E-state index contributed by atoms with van der Waals surface area (Å²) in [7, 11) is 0. The first kappa shape index (κ1) is 11.4. The van der Waals surface area contributed by atoms with Gasteiger partial charge in [-0.05, 0) is 6.54 Å². The van der Waals surface area contributed by atoms with Gasteiger partial charge in [0.1, 0.15) is 0 Å². The van der Waals surface area contributed by atoms with Crippen LogP contribution in [0.4, 0.5) is 5.13 Å². The molecule has 0 bridgehead atoms. The van der Waals surface area contributed by atoms with Gasteiger partial charge in [-0.1, -0.05) is 18.3 Å². The lowest BCUT2D eigenvalue weighted by molar-refractivity contribution is 0.198. The molecule has 0 aromatic carbocycles. The summed E-state index contributed by atoms with van der Waals surface area (Å²) in [5.41, 5.74) is 2.51. The molecule has 0 saturated carbocycles. The van der Waals surface area contributed by atoms with Crippen LogP contribution < -0.4 is 11.3 Å². The lowest BCUT2D eigenvalue weighted by Gasteiger charge is -2.17. The van der Waals surface area contributed by atoms with Crippen LogP contribution in [0.3, 0.4) is 0 Å². The second kappa shape index (κ2) is 5.92. The van der Waals surface area contributed by atoms with Crippen molar-refractivity contribution in [3.8, 4) is 0 Å². The van der Waals surface area contributed by atoms with Gasteiger partial charge in [-0.15, -0.1) is 0 Å². The third-order valence-corrected chi connectivity index (χ3v) is 2.83. The van der Waals surface area contributed by atoms with E-state index in [0.29, 0.717) is 6.54 Å². The van der Waals surface area contributed by atoms with Crippen molar-refractivity contribution in [2.75, 3.05) is 25.1 Å². The van der Waals surface area contributed by atoms with E-state index in [9.17, 15) is 0 Å². The van der Waals surface area contributed by atoms with Crippen molar-refractivity contribution < 1.29 is 5.11 Å². The van der Waals surface area contributed by atoms with Crippen molar-refractivity contribution in [1.82, 2.24) is 9.88 Å². The van der Waals surface area contributed by atoms with Gasteiger partial charge in [0.05, 0.1) is 6.61 Å². The van der Waals surface area contributed by atoms with Crippen LogP contribution in [0.25, 0.3) is 0 Å². The van der Waals surface area contributed by atoms with Crippen molar-refractivity contribution >= 4 is 16.5 Å². The first-order valence-electron chi connectivity index (χ1n) is 4.54. The number of hydrogen-bond acceptors (Lipinski definition) is 6. The van der Waals surface area contributed by atoms with Gasteiger partial charge in [0.2, 0.25) is 0 Å². The molecule has 14 heavy (non-hydrogen) atoms. The standard InChI is InChI=1S/C8H16N4OS/c1-2-12(3-4-13)6-7-5-10-8(11-9)14-7/h5,13H,2-4,6,9H2,1H3,(H,10,11). The Hall–Kier alpha value is -0.690. The molecule has 1 aromatic rings. The maximum atomic E-state index is 8.81. The van der Waals surface area contributed by atoms with Gasteiger partial charge in [0.15, 0.2) is 5.13 Å². The van der Waals surface area contributed by atoms with Gasteiger partial charge in [-0.25, -0.2) is 10.8 Å². The van der Waals surface area contributed by atoms with Crippen molar-refractivity contribution in [2.45, 2.75) is 13.5 Å². The van der Waals surface area contributed by atoms with Crippen LogP contribution in [0.2, 0.25) is 0 Å². The van der Waals surface area contributed by atoms with Crippen LogP contribution in [0.15, 0.2) is 6.20 Å². The van der Waals surface area contributed by atoms with E-state index in [0.717, 1.165) is 23.1 Å². The Morgan fingerprint density at radius 1 is 1.71 bits per heavy atom. The molecule has 1 rings (SSSR count). The zero-order valence-corrected chi connectivity index (χ0v) is 9.05. The number of aliphatic hydroxyl groups is 1. The van der Waals surface area contributed by atoms with Gasteiger partial charge < -0.3 is 5.11 Å². The summed E-state index contributed by atoms with van der Waals surface area (Å²) in [6.07, 6.45) is 1.81. The van der Waals surface area contributed by atoms with E-state index < -0.39 is 0 Å². The molecule has 5 nitrogen and oxygen atoms in total. The molecule has 0 spiro atoms. The third-order valence-electron chi connectivity index (χ3n) is 1.92. The molecule has 0 radical (unpaired) electrons. The fourth-order valence-electron chi connectivity index (χ4n) is 1.16. The van der Waals surface area contributed by atoms with Gasteiger partial charge in [0.25, 0.3) is 0 Å². The highest BCUT2D eigenvalue weighted by Gasteiger charge is 2.05. The van der Waals surface area contributed by atoms with E-state index in [-0.39, 0.29) is 6.61 Å². The number of aliphatic hydroxyl groups excluding tert-OH is 1. The number of likely N-dealkylation sites (N-methyl/N-ethyl adjacent to an activating group) is 1. The number of nitrogens with two attached hydrogens (primary N) is 1.